The normalized spacial score (nSPS) is 31.4. The van der Waals surface area contributed by atoms with Crippen LogP contribution in [0.25, 0.3) is 0 Å². The summed E-state index contributed by atoms with van der Waals surface area (Å²) in [5, 5.41) is 0. The van der Waals surface area contributed by atoms with Gasteiger partial charge in [0.15, 0.2) is 0 Å². The zero-order chi connectivity index (χ0) is 18.0. The Balaban J connectivity index is 1.75. The van der Waals surface area contributed by atoms with Crippen LogP contribution in [0.3, 0.4) is 0 Å². The standard InChI is InChI=1S/C23H32N2/c1-5-9-19(14-21(24)12-8-10-17(2)3)20-15-22-23(16-20)18(4)11-6-7-13-25(22)23/h6-11,13-15,17-18,20H,5,12,16,24H2,1-4H3/b10-8-,19-9+,21-14-. The fraction of sp³-hybridized carbons (Fsp3) is 0.478. The number of nitrogens with zero attached hydrogens (tertiary/aromatic N) is 1. The van der Waals surface area contributed by atoms with Crippen molar-refractivity contribution in [1.82, 2.24) is 4.90 Å². The number of fused-ring (bicyclic) bond motifs is 1. The molecule has 3 aliphatic rings. The maximum atomic E-state index is 6.30. The second kappa shape index (κ2) is 7.11. The first kappa shape index (κ1) is 17.8. The zero-order valence-corrected chi connectivity index (χ0v) is 16.1. The first-order chi connectivity index (χ1) is 12.0. The minimum atomic E-state index is 0.223. The maximum Gasteiger partial charge on any atom is 0.0909 e. The Bertz CT molecular complexity index is 687. The van der Waals surface area contributed by atoms with E-state index in [9.17, 15) is 0 Å². The minimum absolute atomic E-state index is 0.223. The Labute approximate surface area is 153 Å². The lowest BCUT2D eigenvalue weighted by atomic mass is 9.85. The van der Waals surface area contributed by atoms with Crippen molar-refractivity contribution in [2.75, 3.05) is 0 Å². The van der Waals surface area contributed by atoms with Crippen molar-refractivity contribution in [2.45, 2.75) is 52.5 Å². The molecule has 0 bridgehead atoms. The molecule has 1 fully saturated rings. The van der Waals surface area contributed by atoms with Gasteiger partial charge in [-0.1, -0.05) is 64.2 Å². The van der Waals surface area contributed by atoms with Crippen LogP contribution in [0.5, 0.6) is 0 Å². The van der Waals surface area contributed by atoms with E-state index in [4.69, 9.17) is 5.73 Å². The van der Waals surface area contributed by atoms with Crippen LogP contribution in [0.4, 0.5) is 0 Å². The molecule has 2 nitrogen and oxygen atoms in total. The average molecular weight is 337 g/mol. The third-order valence-corrected chi connectivity index (χ3v) is 5.57. The summed E-state index contributed by atoms with van der Waals surface area (Å²) < 4.78 is 0. The molecule has 2 aliphatic heterocycles. The van der Waals surface area contributed by atoms with Gasteiger partial charge in [0.2, 0.25) is 0 Å². The summed E-state index contributed by atoms with van der Waals surface area (Å²) in [5.74, 6) is 1.62. The van der Waals surface area contributed by atoms with E-state index in [0.29, 0.717) is 17.8 Å². The number of rotatable bonds is 6. The van der Waals surface area contributed by atoms with Gasteiger partial charge in [0.05, 0.1) is 5.54 Å². The number of hydrogen-bond donors (Lipinski definition) is 1. The smallest absolute Gasteiger partial charge is 0.0909 e. The first-order valence-electron chi connectivity index (χ1n) is 9.68. The summed E-state index contributed by atoms with van der Waals surface area (Å²) in [4.78, 5) is 2.45. The van der Waals surface area contributed by atoms with Crippen LogP contribution in [0.2, 0.25) is 0 Å². The van der Waals surface area contributed by atoms with Gasteiger partial charge in [-0.25, -0.2) is 0 Å². The molecule has 134 valence electrons. The van der Waals surface area contributed by atoms with Gasteiger partial charge in [0.25, 0.3) is 0 Å². The summed E-state index contributed by atoms with van der Waals surface area (Å²) >= 11 is 0. The van der Waals surface area contributed by atoms with Crippen molar-refractivity contribution in [2.24, 2.45) is 23.5 Å². The van der Waals surface area contributed by atoms with E-state index in [-0.39, 0.29) is 5.54 Å². The quantitative estimate of drug-likeness (QED) is 0.397. The summed E-state index contributed by atoms with van der Waals surface area (Å²) in [6.45, 7) is 8.93. The van der Waals surface area contributed by atoms with Crippen molar-refractivity contribution in [1.29, 1.82) is 0 Å². The molecule has 1 aliphatic carbocycles. The monoisotopic (exact) mass is 336 g/mol. The zero-order valence-electron chi connectivity index (χ0n) is 16.1. The van der Waals surface area contributed by atoms with E-state index in [2.05, 4.69) is 87.4 Å². The van der Waals surface area contributed by atoms with Crippen LogP contribution >= 0.6 is 0 Å². The maximum absolute atomic E-state index is 6.30. The van der Waals surface area contributed by atoms with E-state index < -0.39 is 0 Å². The number of hydrogen-bond acceptors (Lipinski definition) is 2. The Morgan fingerprint density at radius 2 is 2.20 bits per heavy atom. The van der Waals surface area contributed by atoms with Gasteiger partial charge in [-0.15, -0.1) is 0 Å². The van der Waals surface area contributed by atoms with Gasteiger partial charge >= 0.3 is 0 Å². The summed E-state index contributed by atoms with van der Waals surface area (Å²) in [5.41, 5.74) is 10.4. The van der Waals surface area contributed by atoms with Crippen molar-refractivity contribution in [3.05, 3.63) is 71.8 Å². The molecule has 1 saturated heterocycles. The van der Waals surface area contributed by atoms with Crippen LogP contribution in [-0.4, -0.2) is 10.4 Å². The highest BCUT2D eigenvalue weighted by Gasteiger charge is 2.63. The molecule has 0 saturated carbocycles. The highest BCUT2D eigenvalue weighted by Crippen LogP contribution is 2.61. The fourth-order valence-electron chi connectivity index (χ4n) is 4.24. The van der Waals surface area contributed by atoms with Gasteiger partial charge in [-0.3, -0.25) is 0 Å². The van der Waals surface area contributed by atoms with Gasteiger partial charge < -0.3 is 10.6 Å². The largest absolute Gasteiger partial charge is 0.402 e. The topological polar surface area (TPSA) is 29.0 Å². The molecule has 3 atom stereocenters. The van der Waals surface area contributed by atoms with Crippen molar-refractivity contribution in [3.63, 3.8) is 0 Å². The number of nitrogens with two attached hydrogens (primary N) is 1. The molecule has 3 rings (SSSR count). The predicted molar refractivity (Wildman–Crippen MR) is 107 cm³/mol. The highest BCUT2D eigenvalue weighted by molar-refractivity contribution is 5.52. The minimum Gasteiger partial charge on any atom is -0.402 e. The van der Waals surface area contributed by atoms with Crippen LogP contribution in [0.1, 0.15) is 47.0 Å². The van der Waals surface area contributed by atoms with E-state index in [1.54, 1.807) is 0 Å². The first-order valence-corrected chi connectivity index (χ1v) is 9.68. The third-order valence-electron chi connectivity index (χ3n) is 5.57. The Morgan fingerprint density at radius 3 is 2.92 bits per heavy atom. The van der Waals surface area contributed by atoms with E-state index >= 15 is 0 Å². The van der Waals surface area contributed by atoms with Crippen LogP contribution in [-0.2, 0) is 0 Å². The molecule has 2 heterocycles. The lowest BCUT2D eigenvalue weighted by Gasteiger charge is -2.23. The summed E-state index contributed by atoms with van der Waals surface area (Å²) in [6, 6.07) is 0. The van der Waals surface area contributed by atoms with Gasteiger partial charge in [0.1, 0.15) is 0 Å². The SMILES string of the molecule is CC/C=C(\C=C(/N)C/C=C\C(C)C)C1C=C2N3C=CC=CC(C)C23C1. The molecule has 0 aromatic rings. The van der Waals surface area contributed by atoms with Crippen molar-refractivity contribution >= 4 is 0 Å². The highest BCUT2D eigenvalue weighted by atomic mass is 15.4. The molecule has 3 unspecified atom stereocenters. The second-order valence-corrected chi connectivity index (χ2v) is 7.88. The van der Waals surface area contributed by atoms with Gasteiger partial charge in [0, 0.05) is 35.9 Å². The average Bonchev–Trinajstić information content (AvgIpc) is 3.02. The van der Waals surface area contributed by atoms with Crippen molar-refractivity contribution in [3.8, 4) is 0 Å². The van der Waals surface area contributed by atoms with Crippen LogP contribution < -0.4 is 5.73 Å². The summed E-state index contributed by atoms with van der Waals surface area (Å²) in [7, 11) is 0. The molecule has 0 radical (unpaired) electrons. The fourth-order valence-corrected chi connectivity index (χ4v) is 4.24. The summed E-state index contributed by atoms with van der Waals surface area (Å²) in [6.07, 6.45) is 23.4. The molecular weight excluding hydrogens is 304 g/mol. The molecule has 0 aromatic heterocycles. The molecule has 2 heteroatoms. The Kier molecular flexibility index (Phi) is 5.08. The molecule has 2 N–H and O–H groups in total. The predicted octanol–water partition coefficient (Wildman–Crippen LogP) is 5.45. The molecule has 0 amide bonds. The molecule has 1 spiro atoms. The lowest BCUT2D eigenvalue weighted by molar-refractivity contribution is 0.364. The van der Waals surface area contributed by atoms with E-state index in [0.717, 1.165) is 25.0 Å². The Morgan fingerprint density at radius 1 is 1.40 bits per heavy atom. The number of allylic oxidation sites excluding steroid dienone is 8. The second-order valence-electron chi connectivity index (χ2n) is 7.88. The lowest BCUT2D eigenvalue weighted by Crippen LogP contribution is -2.25. The van der Waals surface area contributed by atoms with E-state index in [1.165, 1.54) is 11.3 Å². The van der Waals surface area contributed by atoms with Crippen molar-refractivity contribution < 1.29 is 0 Å². The van der Waals surface area contributed by atoms with Crippen LogP contribution in [0, 0.1) is 17.8 Å². The molecule has 0 aromatic carbocycles. The molecular formula is C23H32N2. The van der Waals surface area contributed by atoms with Crippen LogP contribution in [0.15, 0.2) is 71.8 Å². The third kappa shape index (κ3) is 3.40. The van der Waals surface area contributed by atoms with Gasteiger partial charge in [-0.2, -0.15) is 0 Å². The Hall–Kier alpha value is -1.96. The molecule has 25 heavy (non-hydrogen) atoms. The van der Waals surface area contributed by atoms with E-state index in [1.807, 2.05) is 0 Å². The van der Waals surface area contributed by atoms with Gasteiger partial charge in [-0.05, 0) is 36.5 Å².